The first-order chi connectivity index (χ1) is 22.5. The second-order valence-corrected chi connectivity index (χ2v) is 16.1. The summed E-state index contributed by atoms with van der Waals surface area (Å²) >= 11 is 0. The molecule has 0 spiro atoms. The first-order valence-electron chi connectivity index (χ1n) is 12.9. The first kappa shape index (κ1) is 39.5. The van der Waals surface area contributed by atoms with Crippen LogP contribution in [0, 0.1) is 0 Å². The van der Waals surface area contributed by atoms with Crippen molar-refractivity contribution in [3.8, 4) is 0 Å². The fraction of sp³-hybridized carbons (Fsp3) is 0.556. The van der Waals surface area contributed by atoms with Gasteiger partial charge < -0.3 is 49.5 Å². The minimum absolute atomic E-state index is 0.624. The van der Waals surface area contributed by atoms with Crippen LogP contribution in [-0.2, 0) is 49.7 Å². The molecular weight excluding hydrogens is 764 g/mol. The molecule has 0 saturated carbocycles. The monoisotopic (exact) mass is 790 g/mol. The molecule has 10 atom stereocenters. The van der Waals surface area contributed by atoms with E-state index in [9.17, 15) is 67.7 Å². The zero-order chi connectivity index (χ0) is 36.7. The van der Waals surface area contributed by atoms with E-state index in [0.29, 0.717) is 9.13 Å². The molecule has 2 saturated heterocycles. The summed E-state index contributed by atoms with van der Waals surface area (Å²) in [7, 11) is -24.5. The molecule has 10 N–H and O–H groups in total. The number of aromatic nitrogens is 4. The van der Waals surface area contributed by atoms with Crippen molar-refractivity contribution in [2.45, 2.75) is 49.1 Å². The van der Waals surface area contributed by atoms with Crippen LogP contribution in [0.3, 0.4) is 0 Å². The van der Waals surface area contributed by atoms with Crippen molar-refractivity contribution >= 4 is 31.3 Å². The fourth-order valence-corrected chi connectivity index (χ4v) is 9.53. The molecule has 0 aliphatic carbocycles. The molecule has 2 unspecified atom stereocenters. The van der Waals surface area contributed by atoms with E-state index in [1.165, 1.54) is 0 Å². The van der Waals surface area contributed by atoms with Crippen molar-refractivity contribution in [1.82, 2.24) is 19.1 Å². The molecule has 27 nitrogen and oxygen atoms in total. The number of nitrogens with one attached hydrogen (secondary N) is 2. The van der Waals surface area contributed by atoms with Crippen LogP contribution in [0.4, 0.5) is 0 Å². The number of aliphatic hydroxyl groups excluding tert-OH is 4. The molecule has 2 aliphatic rings. The van der Waals surface area contributed by atoms with E-state index in [2.05, 4.69) is 22.0 Å². The van der Waals surface area contributed by atoms with Gasteiger partial charge in [0.05, 0.1) is 13.2 Å². The van der Waals surface area contributed by atoms with Crippen LogP contribution in [0.5, 0.6) is 0 Å². The zero-order valence-corrected chi connectivity index (χ0v) is 27.3. The smallest absolute Gasteiger partial charge is 0.387 e. The minimum Gasteiger partial charge on any atom is -0.387 e. The first-order valence-corrected chi connectivity index (χ1v) is 18.9. The van der Waals surface area contributed by atoms with Gasteiger partial charge in [-0.3, -0.25) is 37.7 Å². The molecule has 0 aromatic carbocycles. The van der Waals surface area contributed by atoms with Crippen LogP contribution in [0.25, 0.3) is 0 Å². The van der Waals surface area contributed by atoms with Gasteiger partial charge in [0, 0.05) is 24.5 Å². The maximum Gasteiger partial charge on any atom is 0.501 e. The summed E-state index contributed by atoms with van der Waals surface area (Å²) in [5.74, 6) is 0. The number of hydrogen-bond donors (Lipinski definition) is 10. The molecule has 0 amide bonds. The number of nitrogens with zero attached hydrogens (tertiary/aromatic N) is 2. The van der Waals surface area contributed by atoms with E-state index in [-0.39, 0.29) is 0 Å². The number of rotatable bonds is 14. The van der Waals surface area contributed by atoms with Gasteiger partial charge in [-0.1, -0.05) is 0 Å². The minimum atomic E-state index is -6.41. The highest BCUT2D eigenvalue weighted by Crippen LogP contribution is 2.74. The van der Waals surface area contributed by atoms with Crippen LogP contribution in [-0.4, -0.2) is 109 Å². The van der Waals surface area contributed by atoms with E-state index < -0.39 is 116 Å². The van der Waals surface area contributed by atoms with Crippen LogP contribution in [0.2, 0.25) is 0 Å². The molecule has 0 radical (unpaired) electrons. The van der Waals surface area contributed by atoms with Crippen LogP contribution >= 0.6 is 31.3 Å². The van der Waals surface area contributed by atoms with Gasteiger partial charge in [0.1, 0.15) is 36.6 Å². The summed E-state index contributed by atoms with van der Waals surface area (Å²) < 4.78 is 81.7. The molecule has 276 valence electrons. The van der Waals surface area contributed by atoms with Crippen molar-refractivity contribution in [1.29, 1.82) is 0 Å². The van der Waals surface area contributed by atoms with Gasteiger partial charge in [-0.25, -0.2) is 27.8 Å². The molecule has 4 rings (SSSR count). The third-order valence-electron chi connectivity index (χ3n) is 6.34. The number of hydrogen-bond acceptors (Lipinski definition) is 19. The largest absolute Gasteiger partial charge is 0.501 e. The molecule has 0 bridgehead atoms. The molecule has 4 heterocycles. The summed E-state index contributed by atoms with van der Waals surface area (Å²) in [4.78, 5) is 88.5. The maximum atomic E-state index is 12.9. The van der Waals surface area contributed by atoms with Crippen LogP contribution in [0.15, 0.2) is 43.7 Å². The number of aliphatic hydroxyl groups is 4. The Morgan fingerprint density at radius 2 is 1.00 bits per heavy atom. The summed E-state index contributed by atoms with van der Waals surface area (Å²) in [6.45, 7) is -2.55. The van der Waals surface area contributed by atoms with Crippen LogP contribution in [0.1, 0.15) is 12.5 Å². The lowest BCUT2D eigenvalue weighted by Crippen LogP contribution is -2.37. The standard InChI is InChI=1S/C18H26N4O23P4/c23-9-1-3-21(17(29)19-9)15-13(27)11(25)7(41-15)5-39-47(34,35)44-49(38,43-46(31,32)33)45-48(36,37)40-6-8-12(26)14(28)16(42-8)22-4-2-10(24)20-18(22)30/h1-4,7-8,11-16,25-28H,5-6H2,(H,34,35)(H,36,37)(H,19,23,29)(H,20,24,30)(H2,31,32,33)/t7-,8-,11-,12-,13-,14-,15-,16-/m1/s1. The van der Waals surface area contributed by atoms with Crippen molar-refractivity contribution < 1.29 is 89.7 Å². The molecule has 2 aliphatic heterocycles. The average Bonchev–Trinajstić information content (AvgIpc) is 3.38. The van der Waals surface area contributed by atoms with E-state index >= 15 is 0 Å². The second kappa shape index (κ2) is 14.7. The van der Waals surface area contributed by atoms with Gasteiger partial charge >= 0.3 is 42.7 Å². The van der Waals surface area contributed by atoms with Gasteiger partial charge in [-0.05, 0) is 0 Å². The predicted molar refractivity (Wildman–Crippen MR) is 149 cm³/mol. The Balaban J connectivity index is 1.42. The molecule has 31 heteroatoms. The van der Waals surface area contributed by atoms with Crippen molar-refractivity contribution in [3.63, 3.8) is 0 Å². The molecule has 2 fully saturated rings. The quantitative estimate of drug-likeness (QED) is 0.0811. The van der Waals surface area contributed by atoms with Crippen molar-refractivity contribution in [3.05, 3.63) is 66.2 Å². The highest BCUT2D eigenvalue weighted by molar-refractivity contribution is 7.71. The van der Waals surface area contributed by atoms with Gasteiger partial charge in [-0.15, -0.1) is 0 Å². The Hall–Kier alpha value is -2.32. The van der Waals surface area contributed by atoms with Crippen molar-refractivity contribution in [2.75, 3.05) is 13.2 Å². The van der Waals surface area contributed by atoms with Gasteiger partial charge in [0.25, 0.3) is 11.1 Å². The Bertz CT molecular complexity index is 1830. The molecule has 49 heavy (non-hydrogen) atoms. The number of H-pyrrole nitrogens is 2. The van der Waals surface area contributed by atoms with Gasteiger partial charge in [-0.2, -0.15) is 12.9 Å². The third kappa shape index (κ3) is 9.93. The SMILES string of the molecule is O=c1ccn([C@@H]2O[C@H](COP(=O)(O)OP(=O)(OP(=O)(O)O)OP(=O)(O)OC[C@H]3O[C@@H](n4ccc(=O)[nH]c4=O)[C@H](O)[C@@H]3O)[C@@H](O)[C@H]2O)c(=O)[nH]1. The van der Waals surface area contributed by atoms with Gasteiger partial charge in [0.15, 0.2) is 12.5 Å². The fourth-order valence-electron chi connectivity index (χ4n) is 4.26. The summed E-state index contributed by atoms with van der Waals surface area (Å²) in [5, 5.41) is 41.0. The average molecular weight is 790 g/mol. The lowest BCUT2D eigenvalue weighted by Gasteiger charge is -2.23. The van der Waals surface area contributed by atoms with Crippen LogP contribution < -0.4 is 22.5 Å². The number of ether oxygens (including phenoxy) is 2. The van der Waals surface area contributed by atoms with E-state index in [0.717, 1.165) is 24.5 Å². The predicted octanol–water partition coefficient (Wildman–Crippen LogP) is -4.19. The Morgan fingerprint density at radius 1 is 0.633 bits per heavy atom. The van der Waals surface area contributed by atoms with Crippen molar-refractivity contribution in [2.24, 2.45) is 0 Å². The third-order valence-corrected chi connectivity index (χ3v) is 12.2. The Kier molecular flexibility index (Phi) is 11.9. The van der Waals surface area contributed by atoms with E-state index in [1.807, 2.05) is 9.97 Å². The normalized spacial score (nSPS) is 31.2. The summed E-state index contributed by atoms with van der Waals surface area (Å²) in [6, 6.07) is 1.71. The number of aromatic amines is 2. The molecule has 2 aromatic heterocycles. The highest BCUT2D eigenvalue weighted by Gasteiger charge is 2.51. The van der Waals surface area contributed by atoms with Gasteiger partial charge in [0.2, 0.25) is 0 Å². The maximum absolute atomic E-state index is 12.9. The molecular formula is C18H26N4O23P4. The molecule has 2 aromatic rings. The summed E-state index contributed by atoms with van der Waals surface area (Å²) in [5.41, 5.74) is -3.85. The highest BCUT2D eigenvalue weighted by atomic mass is 31.3. The number of phosphoric ester groups is 2. The zero-order valence-electron chi connectivity index (χ0n) is 23.7. The lowest BCUT2D eigenvalue weighted by molar-refractivity contribution is -0.0549. The second-order valence-electron chi connectivity index (χ2n) is 9.84. The Labute approximate surface area is 268 Å². The van der Waals surface area contributed by atoms with E-state index in [4.69, 9.17) is 19.3 Å². The number of phosphoric acid groups is 4. The van der Waals surface area contributed by atoms with E-state index in [1.54, 1.807) is 0 Å². The lowest BCUT2D eigenvalue weighted by atomic mass is 10.1. The Morgan fingerprint density at radius 3 is 1.33 bits per heavy atom. The summed E-state index contributed by atoms with van der Waals surface area (Å²) in [6.07, 6.45) is -13.0. The topological polar surface area (TPSA) is 404 Å².